The van der Waals surface area contributed by atoms with Gasteiger partial charge in [0.05, 0.1) is 11.3 Å². The van der Waals surface area contributed by atoms with Gasteiger partial charge in [-0.05, 0) is 47.2 Å². The molecule has 7 heteroatoms. The van der Waals surface area contributed by atoms with Gasteiger partial charge >= 0.3 is 0 Å². The molecule has 4 rings (SSSR count). The first-order valence-corrected chi connectivity index (χ1v) is 9.13. The van der Waals surface area contributed by atoms with E-state index in [2.05, 4.69) is 34.6 Å². The number of nitrogens with zero attached hydrogens (tertiary/aromatic N) is 5. The minimum Gasteiger partial charge on any atom is -0.283 e. The van der Waals surface area contributed by atoms with Crippen LogP contribution < -0.4 is 0 Å². The van der Waals surface area contributed by atoms with Crippen LogP contribution in [0.1, 0.15) is 29.4 Å². The molecule has 0 unspecified atom stereocenters. The molecular formula is C17H19N5OS. The molecule has 0 saturated carbocycles. The van der Waals surface area contributed by atoms with E-state index in [1.54, 1.807) is 11.7 Å². The zero-order valence-corrected chi connectivity index (χ0v) is 14.6. The molecule has 0 spiro atoms. The van der Waals surface area contributed by atoms with Crippen molar-refractivity contribution >= 4 is 28.6 Å². The molecule has 1 aliphatic rings. The predicted octanol–water partition coefficient (Wildman–Crippen LogP) is 2.72. The second-order valence-corrected chi connectivity index (χ2v) is 7.34. The van der Waals surface area contributed by atoms with Crippen molar-refractivity contribution in [2.45, 2.75) is 31.3 Å². The molecule has 0 aliphatic heterocycles. The molecule has 1 aliphatic carbocycles. The molecule has 1 atom stereocenters. The highest BCUT2D eigenvalue weighted by atomic mass is 32.2. The topological polar surface area (TPSA) is 65.6 Å². The van der Waals surface area contributed by atoms with E-state index < -0.39 is 0 Å². The number of para-hydroxylation sites is 1. The molecule has 3 aromatic rings. The molecule has 6 nitrogen and oxygen atoms in total. The fourth-order valence-corrected chi connectivity index (χ4v) is 4.20. The van der Waals surface area contributed by atoms with Crippen LogP contribution in [0.4, 0.5) is 0 Å². The molecule has 2 aromatic heterocycles. The highest BCUT2D eigenvalue weighted by Crippen LogP contribution is 2.34. The lowest BCUT2D eigenvalue weighted by atomic mass is 9.88. The van der Waals surface area contributed by atoms with Crippen molar-refractivity contribution in [1.82, 2.24) is 24.8 Å². The van der Waals surface area contributed by atoms with Crippen LogP contribution in [0.15, 0.2) is 29.4 Å². The van der Waals surface area contributed by atoms with Gasteiger partial charge in [-0.2, -0.15) is 0 Å². The molecule has 0 saturated heterocycles. The first-order chi connectivity index (χ1) is 11.6. The predicted molar refractivity (Wildman–Crippen MR) is 93.3 cm³/mol. The number of rotatable bonds is 3. The number of aryl methyl sites for hydroxylation is 1. The minimum atomic E-state index is 0.0926. The Labute approximate surface area is 144 Å². The Balaban J connectivity index is 1.71. The molecule has 124 valence electrons. The van der Waals surface area contributed by atoms with Gasteiger partial charge in [-0.25, -0.2) is 4.68 Å². The van der Waals surface area contributed by atoms with Crippen molar-refractivity contribution in [1.29, 1.82) is 0 Å². The monoisotopic (exact) mass is 341 g/mol. The minimum absolute atomic E-state index is 0.0926. The molecular weight excluding hydrogens is 322 g/mol. The van der Waals surface area contributed by atoms with Crippen molar-refractivity contribution in [3.05, 3.63) is 35.5 Å². The van der Waals surface area contributed by atoms with Crippen molar-refractivity contribution in [2.75, 3.05) is 5.75 Å². The number of benzene rings is 1. The number of hydrogen-bond acceptors (Lipinski definition) is 5. The Morgan fingerprint density at radius 3 is 3.00 bits per heavy atom. The van der Waals surface area contributed by atoms with Crippen LogP contribution in [-0.2, 0) is 19.9 Å². The molecule has 0 fully saturated rings. The van der Waals surface area contributed by atoms with E-state index in [1.165, 1.54) is 28.4 Å². The van der Waals surface area contributed by atoms with Gasteiger partial charge in [0.2, 0.25) is 11.1 Å². The maximum Gasteiger partial charge on any atom is 0.241 e. The number of thioether (sulfide) groups is 1. The number of aromatic nitrogens is 5. The highest BCUT2D eigenvalue weighted by Gasteiger charge is 2.26. The van der Waals surface area contributed by atoms with Gasteiger partial charge < -0.3 is 0 Å². The van der Waals surface area contributed by atoms with Crippen molar-refractivity contribution in [3.63, 3.8) is 0 Å². The van der Waals surface area contributed by atoms with E-state index in [1.807, 2.05) is 16.7 Å². The normalized spacial score (nSPS) is 17.2. The fourth-order valence-electron chi connectivity index (χ4n) is 3.50. The first kappa shape index (κ1) is 15.4. The summed E-state index contributed by atoms with van der Waals surface area (Å²) in [6.07, 6.45) is 3.15. The van der Waals surface area contributed by atoms with Crippen molar-refractivity contribution in [3.8, 4) is 0 Å². The van der Waals surface area contributed by atoms with Crippen molar-refractivity contribution < 1.29 is 4.79 Å². The number of carbonyl (C=O) groups is 1. The van der Waals surface area contributed by atoms with Crippen LogP contribution in [0.25, 0.3) is 10.9 Å². The van der Waals surface area contributed by atoms with Gasteiger partial charge in [-0.15, -0.1) is 5.10 Å². The van der Waals surface area contributed by atoms with Gasteiger partial charge in [0.1, 0.15) is 0 Å². The standard InChI is InChI=1S/C17H19N5OS/c1-11-7-8-15-13(9-11)12-5-3-4-6-14(12)22(15)16(23)10-24-17-18-19-20-21(17)2/h3-6,11H,7-10H2,1-2H3/t11-/m0/s1. The number of tetrazole rings is 1. The van der Waals surface area contributed by atoms with Crippen LogP contribution in [0.3, 0.4) is 0 Å². The second kappa shape index (κ2) is 6.05. The molecule has 2 heterocycles. The average Bonchev–Trinajstić information content (AvgIpc) is 3.13. The maximum atomic E-state index is 12.9. The van der Waals surface area contributed by atoms with E-state index >= 15 is 0 Å². The van der Waals surface area contributed by atoms with E-state index in [9.17, 15) is 4.79 Å². The van der Waals surface area contributed by atoms with E-state index in [0.717, 1.165) is 24.8 Å². The summed E-state index contributed by atoms with van der Waals surface area (Å²) in [5, 5.41) is 13.2. The summed E-state index contributed by atoms with van der Waals surface area (Å²) >= 11 is 1.38. The summed E-state index contributed by atoms with van der Waals surface area (Å²) in [4.78, 5) is 12.9. The zero-order chi connectivity index (χ0) is 16.7. The number of hydrogen-bond donors (Lipinski definition) is 0. The summed E-state index contributed by atoms with van der Waals surface area (Å²) in [5.74, 6) is 1.09. The lowest BCUT2D eigenvalue weighted by Gasteiger charge is -2.20. The Kier molecular flexibility index (Phi) is 3.88. The van der Waals surface area contributed by atoms with E-state index in [-0.39, 0.29) is 5.91 Å². The van der Waals surface area contributed by atoms with Gasteiger partial charge in [0.25, 0.3) is 0 Å². The summed E-state index contributed by atoms with van der Waals surface area (Å²) in [5.41, 5.74) is 3.57. The van der Waals surface area contributed by atoms with Gasteiger partial charge in [-0.1, -0.05) is 36.9 Å². The third-order valence-corrected chi connectivity index (χ3v) is 5.67. The molecule has 24 heavy (non-hydrogen) atoms. The van der Waals surface area contributed by atoms with Crippen molar-refractivity contribution in [2.24, 2.45) is 13.0 Å². The van der Waals surface area contributed by atoms with Crippen LogP contribution in [0.5, 0.6) is 0 Å². The van der Waals surface area contributed by atoms with Crippen LogP contribution in [0.2, 0.25) is 0 Å². The Hall–Kier alpha value is -2.15. The van der Waals surface area contributed by atoms with Crippen LogP contribution in [0, 0.1) is 5.92 Å². The van der Waals surface area contributed by atoms with Gasteiger partial charge in [-0.3, -0.25) is 9.36 Å². The third-order valence-electron chi connectivity index (χ3n) is 4.67. The quantitative estimate of drug-likeness (QED) is 0.685. The number of carbonyl (C=O) groups excluding carboxylic acids is 1. The van der Waals surface area contributed by atoms with E-state index in [4.69, 9.17) is 0 Å². The lowest BCUT2D eigenvalue weighted by Crippen LogP contribution is -2.20. The highest BCUT2D eigenvalue weighted by molar-refractivity contribution is 7.99. The Morgan fingerprint density at radius 1 is 1.38 bits per heavy atom. The average molecular weight is 341 g/mol. The lowest BCUT2D eigenvalue weighted by molar-refractivity contribution is 0.0943. The Bertz CT molecular complexity index is 913. The number of fused-ring (bicyclic) bond motifs is 3. The van der Waals surface area contributed by atoms with E-state index in [0.29, 0.717) is 16.8 Å². The van der Waals surface area contributed by atoms with Gasteiger partial charge in [0, 0.05) is 18.1 Å². The van der Waals surface area contributed by atoms with Gasteiger partial charge in [0.15, 0.2) is 0 Å². The summed E-state index contributed by atoms with van der Waals surface area (Å²) in [6, 6.07) is 8.23. The summed E-state index contributed by atoms with van der Waals surface area (Å²) in [6.45, 7) is 2.29. The zero-order valence-electron chi connectivity index (χ0n) is 13.8. The summed E-state index contributed by atoms with van der Waals surface area (Å²) in [7, 11) is 1.78. The fraction of sp³-hybridized carbons (Fsp3) is 0.412. The SMILES string of the molecule is C[C@H]1CCc2c(c3ccccc3n2C(=O)CSc2nnnn2C)C1. The third kappa shape index (κ3) is 2.53. The first-order valence-electron chi connectivity index (χ1n) is 8.14. The second-order valence-electron chi connectivity index (χ2n) is 6.39. The summed E-state index contributed by atoms with van der Waals surface area (Å²) < 4.78 is 3.51. The molecule has 0 amide bonds. The maximum absolute atomic E-state index is 12.9. The molecule has 0 N–H and O–H groups in total. The molecule has 1 aromatic carbocycles. The van der Waals surface area contributed by atoms with Crippen LogP contribution >= 0.6 is 11.8 Å². The van der Waals surface area contributed by atoms with Crippen LogP contribution in [-0.4, -0.2) is 36.4 Å². The largest absolute Gasteiger partial charge is 0.283 e. The smallest absolute Gasteiger partial charge is 0.241 e. The molecule has 0 radical (unpaired) electrons. The Morgan fingerprint density at radius 2 is 2.21 bits per heavy atom. The molecule has 0 bridgehead atoms.